The third-order valence-corrected chi connectivity index (χ3v) is 3.05. The molecule has 2 aromatic rings. The van der Waals surface area contributed by atoms with Crippen LogP contribution in [0.15, 0.2) is 52.1 Å². The Balaban J connectivity index is 0.00000312. The molecule has 7 heteroatoms. The van der Waals surface area contributed by atoms with Gasteiger partial charge in [0.15, 0.2) is 11.7 Å². The van der Waals surface area contributed by atoms with E-state index in [4.69, 9.17) is 10.8 Å². The molecule has 0 aliphatic rings. The molecule has 1 heterocycles. The van der Waals surface area contributed by atoms with Crippen molar-refractivity contribution < 1.29 is 9.21 Å². The molecule has 0 aliphatic heterocycles. The van der Waals surface area contributed by atoms with Crippen molar-refractivity contribution in [3.63, 3.8) is 0 Å². The molecule has 0 saturated heterocycles. The molecule has 1 aromatic carbocycles. The van der Waals surface area contributed by atoms with E-state index in [9.17, 15) is 4.79 Å². The summed E-state index contributed by atoms with van der Waals surface area (Å²) in [4.78, 5) is 16.4. The van der Waals surface area contributed by atoms with Crippen molar-refractivity contribution >= 4 is 41.5 Å². The smallest absolute Gasteiger partial charge is 0.291 e. The number of halogens is 1. The standard InChI is InChI=1S/C18H20N4O2.HI/c1-3-10-20-18(19-4-2)21-13-14-7-5-8-15(12-14)22-17(23)16-9-6-11-24-16;/h1,5-9,11-12H,4,10,13H2,2H3,(H,22,23)(H2,19,20,21);1H. The first kappa shape index (κ1) is 20.6. The summed E-state index contributed by atoms with van der Waals surface area (Å²) in [5, 5.41) is 8.93. The third kappa shape index (κ3) is 6.89. The van der Waals surface area contributed by atoms with E-state index in [0.717, 1.165) is 12.1 Å². The van der Waals surface area contributed by atoms with Crippen LogP contribution < -0.4 is 16.0 Å². The van der Waals surface area contributed by atoms with Gasteiger partial charge in [-0.3, -0.25) is 4.79 Å². The average molecular weight is 452 g/mol. The van der Waals surface area contributed by atoms with E-state index in [0.29, 0.717) is 24.7 Å². The second-order valence-corrected chi connectivity index (χ2v) is 4.88. The maximum Gasteiger partial charge on any atom is 0.291 e. The number of amides is 1. The number of aliphatic imine (C=N–C) groups is 1. The van der Waals surface area contributed by atoms with Gasteiger partial charge in [-0.1, -0.05) is 18.1 Å². The minimum absolute atomic E-state index is 0. The number of rotatable bonds is 6. The third-order valence-electron chi connectivity index (χ3n) is 3.05. The Hall–Kier alpha value is -2.47. The number of nitrogens with zero attached hydrogens (tertiary/aromatic N) is 1. The minimum Gasteiger partial charge on any atom is -0.459 e. The van der Waals surface area contributed by atoms with E-state index in [1.165, 1.54) is 6.26 Å². The Labute approximate surface area is 164 Å². The van der Waals surface area contributed by atoms with Crippen LogP contribution in [0.3, 0.4) is 0 Å². The molecule has 0 saturated carbocycles. The number of anilines is 1. The summed E-state index contributed by atoms with van der Waals surface area (Å²) in [5.74, 6) is 3.15. The second-order valence-electron chi connectivity index (χ2n) is 4.88. The van der Waals surface area contributed by atoms with Gasteiger partial charge in [0.1, 0.15) is 0 Å². The summed E-state index contributed by atoms with van der Waals surface area (Å²) in [6.07, 6.45) is 6.71. The molecule has 1 aromatic heterocycles. The van der Waals surface area contributed by atoms with Gasteiger partial charge in [-0.25, -0.2) is 4.99 Å². The molecular formula is C18H21IN4O2. The number of benzene rings is 1. The summed E-state index contributed by atoms with van der Waals surface area (Å²) in [6, 6.07) is 10.8. The highest BCUT2D eigenvalue weighted by molar-refractivity contribution is 14.0. The fourth-order valence-corrected chi connectivity index (χ4v) is 1.99. The van der Waals surface area contributed by atoms with Crippen LogP contribution in [0.4, 0.5) is 5.69 Å². The lowest BCUT2D eigenvalue weighted by atomic mass is 10.2. The van der Waals surface area contributed by atoms with Crippen LogP contribution in [0, 0.1) is 12.3 Å². The molecule has 0 spiro atoms. The molecule has 132 valence electrons. The zero-order chi connectivity index (χ0) is 17.2. The van der Waals surface area contributed by atoms with Crippen molar-refractivity contribution in [1.82, 2.24) is 10.6 Å². The van der Waals surface area contributed by atoms with E-state index in [-0.39, 0.29) is 35.6 Å². The van der Waals surface area contributed by atoms with Crippen LogP contribution in [-0.2, 0) is 6.54 Å². The first-order valence-corrected chi connectivity index (χ1v) is 7.62. The summed E-state index contributed by atoms with van der Waals surface area (Å²) >= 11 is 0. The topological polar surface area (TPSA) is 78.7 Å². The number of nitrogens with one attached hydrogen (secondary N) is 3. The maximum absolute atomic E-state index is 12.0. The van der Waals surface area contributed by atoms with Crippen molar-refractivity contribution in [2.75, 3.05) is 18.4 Å². The number of carbonyl (C=O) groups excluding carboxylic acids is 1. The monoisotopic (exact) mass is 452 g/mol. The highest BCUT2D eigenvalue weighted by atomic mass is 127. The average Bonchev–Trinajstić information content (AvgIpc) is 3.12. The Morgan fingerprint density at radius 3 is 2.80 bits per heavy atom. The van der Waals surface area contributed by atoms with Crippen LogP contribution in [0.25, 0.3) is 0 Å². The lowest BCUT2D eigenvalue weighted by Crippen LogP contribution is -2.37. The summed E-state index contributed by atoms with van der Waals surface area (Å²) in [6.45, 7) is 3.60. The molecular weight excluding hydrogens is 431 g/mol. The van der Waals surface area contributed by atoms with Gasteiger partial charge in [0.25, 0.3) is 5.91 Å². The van der Waals surface area contributed by atoms with Crippen molar-refractivity contribution in [3.8, 4) is 12.3 Å². The number of terminal acetylenes is 1. The predicted octanol–water partition coefficient (Wildman–Crippen LogP) is 2.84. The van der Waals surface area contributed by atoms with E-state index in [1.54, 1.807) is 12.1 Å². The first-order valence-electron chi connectivity index (χ1n) is 7.62. The molecule has 1 amide bonds. The molecule has 3 N–H and O–H groups in total. The van der Waals surface area contributed by atoms with Crippen LogP contribution in [0.5, 0.6) is 0 Å². The number of hydrogen-bond acceptors (Lipinski definition) is 3. The number of carbonyl (C=O) groups is 1. The van der Waals surface area contributed by atoms with E-state index < -0.39 is 0 Å². The Morgan fingerprint density at radius 2 is 2.12 bits per heavy atom. The van der Waals surface area contributed by atoms with Crippen molar-refractivity contribution in [2.24, 2.45) is 4.99 Å². The number of furan rings is 1. The number of guanidine groups is 1. The van der Waals surface area contributed by atoms with E-state index in [1.807, 2.05) is 31.2 Å². The van der Waals surface area contributed by atoms with Gasteiger partial charge >= 0.3 is 0 Å². The zero-order valence-corrected chi connectivity index (χ0v) is 16.2. The van der Waals surface area contributed by atoms with Crippen LogP contribution in [0.1, 0.15) is 23.0 Å². The molecule has 0 fully saturated rings. The molecule has 25 heavy (non-hydrogen) atoms. The van der Waals surface area contributed by atoms with Crippen LogP contribution >= 0.6 is 24.0 Å². The van der Waals surface area contributed by atoms with Crippen molar-refractivity contribution in [1.29, 1.82) is 0 Å². The lowest BCUT2D eigenvalue weighted by molar-refractivity contribution is 0.0996. The SMILES string of the molecule is C#CCNC(=NCc1cccc(NC(=O)c2ccco2)c1)NCC.I. The van der Waals surface area contributed by atoms with Gasteiger partial charge in [-0.15, -0.1) is 30.4 Å². The van der Waals surface area contributed by atoms with E-state index in [2.05, 4.69) is 26.9 Å². The van der Waals surface area contributed by atoms with E-state index >= 15 is 0 Å². The molecule has 0 atom stereocenters. The molecule has 0 unspecified atom stereocenters. The first-order chi connectivity index (χ1) is 11.7. The fraction of sp³-hybridized carbons (Fsp3) is 0.222. The Morgan fingerprint density at radius 1 is 1.28 bits per heavy atom. The van der Waals surface area contributed by atoms with Gasteiger partial charge in [0.05, 0.1) is 19.4 Å². The van der Waals surface area contributed by atoms with Gasteiger partial charge in [-0.2, -0.15) is 0 Å². The lowest BCUT2D eigenvalue weighted by Gasteiger charge is -2.09. The van der Waals surface area contributed by atoms with Crippen LogP contribution in [0.2, 0.25) is 0 Å². The van der Waals surface area contributed by atoms with Gasteiger partial charge in [-0.05, 0) is 36.8 Å². The quantitative estimate of drug-likeness (QED) is 0.273. The highest BCUT2D eigenvalue weighted by Gasteiger charge is 2.08. The Bertz CT molecular complexity index is 736. The fourth-order valence-electron chi connectivity index (χ4n) is 1.99. The largest absolute Gasteiger partial charge is 0.459 e. The van der Waals surface area contributed by atoms with Crippen LogP contribution in [-0.4, -0.2) is 25.0 Å². The van der Waals surface area contributed by atoms with Crippen molar-refractivity contribution in [2.45, 2.75) is 13.5 Å². The molecule has 0 bridgehead atoms. The Kier molecular flexibility index (Phi) is 9.17. The highest BCUT2D eigenvalue weighted by Crippen LogP contribution is 2.13. The van der Waals surface area contributed by atoms with Gasteiger partial charge < -0.3 is 20.4 Å². The maximum atomic E-state index is 12.0. The normalized spacial score (nSPS) is 10.3. The predicted molar refractivity (Wildman–Crippen MR) is 110 cm³/mol. The zero-order valence-electron chi connectivity index (χ0n) is 13.9. The number of hydrogen-bond donors (Lipinski definition) is 3. The summed E-state index contributed by atoms with van der Waals surface area (Å²) < 4.78 is 5.07. The molecule has 2 rings (SSSR count). The molecule has 0 aliphatic carbocycles. The molecule has 6 nitrogen and oxygen atoms in total. The van der Waals surface area contributed by atoms with Gasteiger partial charge in [0, 0.05) is 12.2 Å². The molecule has 0 radical (unpaired) electrons. The summed E-state index contributed by atoms with van der Waals surface area (Å²) in [7, 11) is 0. The van der Waals surface area contributed by atoms with Gasteiger partial charge in [0.2, 0.25) is 0 Å². The van der Waals surface area contributed by atoms with Crippen molar-refractivity contribution in [3.05, 3.63) is 54.0 Å². The minimum atomic E-state index is -0.287. The summed E-state index contributed by atoms with van der Waals surface area (Å²) in [5.41, 5.74) is 1.65. The second kappa shape index (κ2) is 11.1.